The van der Waals surface area contributed by atoms with E-state index >= 15 is 0 Å². The molecule has 0 aliphatic heterocycles. The quantitative estimate of drug-likeness (QED) is 0.393. The number of hydrogen-bond acceptors (Lipinski definition) is 8. The topological polar surface area (TPSA) is 129 Å². The zero-order valence-corrected chi connectivity index (χ0v) is 21.0. The third-order valence-corrected chi connectivity index (χ3v) is 6.41. The summed E-state index contributed by atoms with van der Waals surface area (Å²) >= 11 is 0. The molecule has 0 aliphatic carbocycles. The van der Waals surface area contributed by atoms with Gasteiger partial charge in [0, 0.05) is 17.8 Å². The van der Waals surface area contributed by atoms with Crippen molar-refractivity contribution in [1.82, 2.24) is 0 Å². The molecule has 36 heavy (non-hydrogen) atoms. The highest BCUT2D eigenvalue weighted by molar-refractivity contribution is 7.92. The first-order chi connectivity index (χ1) is 17.2. The minimum Gasteiger partial charge on any atom is -0.493 e. The maximum absolute atomic E-state index is 12.6. The van der Waals surface area contributed by atoms with Crippen LogP contribution in [0.2, 0.25) is 0 Å². The fourth-order valence-electron chi connectivity index (χ4n) is 3.15. The first kappa shape index (κ1) is 26.4. The molecule has 0 atom stereocenters. The van der Waals surface area contributed by atoms with E-state index in [2.05, 4.69) is 10.0 Å². The number of benzene rings is 3. The number of carbonyl (C=O) groups is 2. The highest BCUT2D eigenvalue weighted by Crippen LogP contribution is 2.33. The number of ether oxygens (including phenoxy) is 4. The van der Waals surface area contributed by atoms with Crippen LogP contribution in [0, 0.1) is 6.92 Å². The van der Waals surface area contributed by atoms with Gasteiger partial charge in [0.05, 0.1) is 37.5 Å². The number of rotatable bonds is 10. The molecule has 3 aromatic carbocycles. The van der Waals surface area contributed by atoms with E-state index in [1.54, 1.807) is 24.3 Å². The van der Waals surface area contributed by atoms with Crippen molar-refractivity contribution in [3.63, 3.8) is 0 Å². The van der Waals surface area contributed by atoms with Gasteiger partial charge in [-0.1, -0.05) is 17.7 Å². The zero-order chi connectivity index (χ0) is 26.3. The molecule has 0 spiro atoms. The molecular weight excluding hydrogens is 488 g/mol. The maximum Gasteiger partial charge on any atom is 0.340 e. The van der Waals surface area contributed by atoms with E-state index in [1.807, 2.05) is 6.92 Å². The van der Waals surface area contributed by atoms with E-state index in [0.717, 1.165) is 5.56 Å². The molecule has 0 bridgehead atoms. The van der Waals surface area contributed by atoms with E-state index in [-0.39, 0.29) is 21.9 Å². The average Bonchev–Trinajstić information content (AvgIpc) is 2.88. The molecule has 190 valence electrons. The third-order valence-electron chi connectivity index (χ3n) is 5.01. The van der Waals surface area contributed by atoms with Crippen LogP contribution >= 0.6 is 0 Å². The van der Waals surface area contributed by atoms with E-state index in [0.29, 0.717) is 17.2 Å². The molecule has 11 heteroatoms. The molecule has 0 radical (unpaired) electrons. The molecular formula is C25H26N2O8S. The minimum absolute atomic E-state index is 0.0351. The van der Waals surface area contributed by atoms with Crippen LogP contribution in [0.15, 0.2) is 65.6 Å². The molecule has 0 fully saturated rings. The highest BCUT2D eigenvalue weighted by atomic mass is 32.2. The monoisotopic (exact) mass is 514 g/mol. The van der Waals surface area contributed by atoms with Gasteiger partial charge >= 0.3 is 5.97 Å². The van der Waals surface area contributed by atoms with Crippen molar-refractivity contribution >= 4 is 33.3 Å². The molecule has 0 aliphatic rings. The normalized spacial score (nSPS) is 10.8. The average molecular weight is 515 g/mol. The van der Waals surface area contributed by atoms with Gasteiger partial charge in [0.25, 0.3) is 15.9 Å². The van der Waals surface area contributed by atoms with Gasteiger partial charge in [-0.2, -0.15) is 0 Å². The Bertz CT molecular complexity index is 1340. The number of hydrogen-bond donors (Lipinski definition) is 2. The number of carbonyl (C=O) groups excluding carboxylic acids is 2. The Labute approximate surface area is 209 Å². The van der Waals surface area contributed by atoms with Gasteiger partial charge in [0.2, 0.25) is 0 Å². The second kappa shape index (κ2) is 11.5. The maximum atomic E-state index is 12.6. The smallest absolute Gasteiger partial charge is 0.340 e. The standard InChI is InChI=1S/C25H26N2O8S/c1-16-5-7-17(8-6-16)27-36(30,31)19-11-9-18(10-12-19)35-15-24(28)26-21-14-23(33-3)22(32-2)13-20(21)25(29)34-4/h5-14,27H,15H2,1-4H3,(H,26,28). The summed E-state index contributed by atoms with van der Waals surface area (Å²) in [6.07, 6.45) is 0. The summed E-state index contributed by atoms with van der Waals surface area (Å²) < 4.78 is 48.4. The molecule has 1 amide bonds. The van der Waals surface area contributed by atoms with Crippen LogP contribution in [0.3, 0.4) is 0 Å². The van der Waals surface area contributed by atoms with Crippen LogP contribution in [-0.2, 0) is 19.6 Å². The van der Waals surface area contributed by atoms with Crippen molar-refractivity contribution in [3.05, 3.63) is 71.8 Å². The lowest BCUT2D eigenvalue weighted by molar-refractivity contribution is -0.118. The molecule has 0 heterocycles. The summed E-state index contributed by atoms with van der Waals surface area (Å²) in [5.41, 5.74) is 1.67. The lowest BCUT2D eigenvalue weighted by atomic mass is 10.1. The number of amides is 1. The summed E-state index contributed by atoms with van der Waals surface area (Å²) in [5, 5.41) is 2.58. The van der Waals surface area contributed by atoms with Gasteiger partial charge in [-0.25, -0.2) is 13.2 Å². The lowest BCUT2D eigenvalue weighted by Gasteiger charge is -2.15. The molecule has 10 nitrogen and oxygen atoms in total. The second-order valence-corrected chi connectivity index (χ2v) is 9.21. The van der Waals surface area contributed by atoms with Gasteiger partial charge in [0.15, 0.2) is 18.1 Å². The first-order valence-electron chi connectivity index (χ1n) is 10.6. The van der Waals surface area contributed by atoms with E-state index in [1.165, 1.54) is 57.7 Å². The van der Waals surface area contributed by atoms with Crippen molar-refractivity contribution < 1.29 is 37.0 Å². The van der Waals surface area contributed by atoms with Crippen LogP contribution in [-0.4, -0.2) is 48.2 Å². The Balaban J connectivity index is 1.66. The summed E-state index contributed by atoms with van der Waals surface area (Å²) in [5.74, 6) is -0.371. The molecule has 0 saturated heterocycles. The summed E-state index contributed by atoms with van der Waals surface area (Å²) in [7, 11) is 0.261. The number of esters is 1. The number of anilines is 2. The predicted octanol–water partition coefficient (Wildman–Crippen LogP) is 3.62. The molecule has 0 saturated carbocycles. The predicted molar refractivity (Wildman–Crippen MR) is 133 cm³/mol. The summed E-state index contributed by atoms with van der Waals surface area (Å²) in [4.78, 5) is 24.7. The highest BCUT2D eigenvalue weighted by Gasteiger charge is 2.19. The van der Waals surface area contributed by atoms with Crippen molar-refractivity contribution in [3.8, 4) is 17.2 Å². The Kier molecular flexibility index (Phi) is 8.38. The van der Waals surface area contributed by atoms with Crippen molar-refractivity contribution in [2.45, 2.75) is 11.8 Å². The molecule has 3 rings (SSSR count). The first-order valence-corrected chi connectivity index (χ1v) is 12.1. The number of methoxy groups -OCH3 is 3. The van der Waals surface area contributed by atoms with Gasteiger partial charge in [-0.3, -0.25) is 9.52 Å². The fourth-order valence-corrected chi connectivity index (χ4v) is 4.21. The van der Waals surface area contributed by atoms with Crippen LogP contribution in [0.1, 0.15) is 15.9 Å². The van der Waals surface area contributed by atoms with Crippen LogP contribution in [0.5, 0.6) is 17.2 Å². The lowest BCUT2D eigenvalue weighted by Crippen LogP contribution is -2.22. The van der Waals surface area contributed by atoms with Crippen molar-refractivity contribution in [2.75, 3.05) is 38.0 Å². The van der Waals surface area contributed by atoms with Gasteiger partial charge in [0.1, 0.15) is 5.75 Å². The molecule has 0 aromatic heterocycles. The Morgan fingerprint density at radius 3 is 2.06 bits per heavy atom. The Morgan fingerprint density at radius 1 is 0.861 bits per heavy atom. The van der Waals surface area contributed by atoms with Crippen molar-refractivity contribution in [1.29, 1.82) is 0 Å². The van der Waals surface area contributed by atoms with Gasteiger partial charge < -0.3 is 24.3 Å². The second-order valence-electron chi connectivity index (χ2n) is 7.52. The van der Waals surface area contributed by atoms with Crippen LogP contribution in [0.4, 0.5) is 11.4 Å². The van der Waals surface area contributed by atoms with Crippen LogP contribution in [0.25, 0.3) is 0 Å². The minimum atomic E-state index is -3.79. The van der Waals surface area contributed by atoms with E-state index in [4.69, 9.17) is 18.9 Å². The molecule has 0 unspecified atom stereocenters. The fraction of sp³-hybridized carbons (Fsp3) is 0.200. The Hall–Kier alpha value is -4.25. The van der Waals surface area contributed by atoms with E-state index in [9.17, 15) is 18.0 Å². The third kappa shape index (κ3) is 6.45. The largest absolute Gasteiger partial charge is 0.493 e. The van der Waals surface area contributed by atoms with Crippen molar-refractivity contribution in [2.24, 2.45) is 0 Å². The van der Waals surface area contributed by atoms with E-state index < -0.39 is 28.5 Å². The SMILES string of the molecule is COC(=O)c1cc(OC)c(OC)cc1NC(=O)COc1ccc(S(=O)(=O)Nc2ccc(C)cc2)cc1. The Morgan fingerprint density at radius 2 is 1.47 bits per heavy atom. The van der Waals surface area contributed by atoms with Crippen LogP contribution < -0.4 is 24.2 Å². The number of aryl methyl sites for hydroxylation is 1. The summed E-state index contributed by atoms with van der Waals surface area (Å²) in [6, 6.07) is 15.4. The molecule has 3 aromatic rings. The van der Waals surface area contributed by atoms with Gasteiger partial charge in [-0.15, -0.1) is 0 Å². The summed E-state index contributed by atoms with van der Waals surface area (Å²) in [6.45, 7) is 1.51. The van der Waals surface area contributed by atoms with Gasteiger partial charge in [-0.05, 0) is 43.3 Å². The number of sulfonamides is 1. The molecule has 2 N–H and O–H groups in total. The zero-order valence-electron chi connectivity index (χ0n) is 20.2. The number of nitrogens with one attached hydrogen (secondary N) is 2.